The van der Waals surface area contributed by atoms with Crippen LogP contribution in [-0.4, -0.2) is 9.55 Å². The van der Waals surface area contributed by atoms with Gasteiger partial charge >= 0.3 is 0 Å². The Morgan fingerprint density at radius 2 is 1.55 bits per heavy atom. The van der Waals surface area contributed by atoms with Crippen LogP contribution >= 0.6 is 11.6 Å². The summed E-state index contributed by atoms with van der Waals surface area (Å²) >= 11 is 5.91. The predicted octanol–water partition coefficient (Wildman–Crippen LogP) is 5.09. The van der Waals surface area contributed by atoms with Gasteiger partial charge in [0.05, 0.1) is 17.0 Å². The molecule has 0 bridgehead atoms. The van der Waals surface area contributed by atoms with Crippen LogP contribution in [0.2, 0.25) is 5.02 Å². The molecule has 0 aliphatic heterocycles. The highest BCUT2D eigenvalue weighted by Gasteiger charge is 2.21. The lowest BCUT2D eigenvalue weighted by Gasteiger charge is -2.13. The maximum Gasteiger partial charge on any atom is 0.135 e. The van der Waals surface area contributed by atoms with E-state index in [-0.39, 0.29) is 5.56 Å². The zero-order valence-corrected chi connectivity index (χ0v) is 12.8. The third kappa shape index (κ3) is 2.40. The average molecular weight is 319 g/mol. The van der Waals surface area contributed by atoms with Gasteiger partial charge in [-0.05, 0) is 50.2 Å². The molecule has 0 amide bonds. The minimum Gasteiger partial charge on any atom is -0.296 e. The summed E-state index contributed by atoms with van der Waals surface area (Å²) in [5, 5.41) is 0.594. The minimum absolute atomic E-state index is 0.0736. The maximum atomic E-state index is 14.2. The standard InChI is InChI=1S/C17H13ClF2N2/c1-10-17(16-14(19)4-3-5-15(16)20)22(11(2)21-10)13-8-6-12(18)7-9-13/h3-9H,1-2H3. The number of benzene rings is 2. The molecule has 0 aliphatic rings. The molecule has 0 saturated carbocycles. The van der Waals surface area contributed by atoms with E-state index in [1.54, 1.807) is 42.7 Å². The van der Waals surface area contributed by atoms with Gasteiger partial charge in [0.15, 0.2) is 0 Å². The molecule has 2 nitrogen and oxygen atoms in total. The Kier molecular flexibility index (Phi) is 3.71. The van der Waals surface area contributed by atoms with Crippen molar-refractivity contribution in [2.45, 2.75) is 13.8 Å². The fraction of sp³-hybridized carbons (Fsp3) is 0.118. The molecule has 1 heterocycles. The Bertz CT molecular complexity index is 818. The molecular formula is C17H13ClF2N2. The van der Waals surface area contributed by atoms with Crippen LogP contribution in [0.1, 0.15) is 11.5 Å². The molecule has 0 saturated heterocycles. The van der Waals surface area contributed by atoms with E-state index in [9.17, 15) is 8.78 Å². The van der Waals surface area contributed by atoms with E-state index >= 15 is 0 Å². The third-order valence-electron chi connectivity index (χ3n) is 3.50. The van der Waals surface area contributed by atoms with E-state index in [1.807, 2.05) is 0 Å². The predicted molar refractivity (Wildman–Crippen MR) is 83.4 cm³/mol. The Hall–Kier alpha value is -2.20. The van der Waals surface area contributed by atoms with Crippen LogP contribution in [0.5, 0.6) is 0 Å². The minimum atomic E-state index is -0.613. The monoisotopic (exact) mass is 318 g/mol. The van der Waals surface area contributed by atoms with E-state index in [4.69, 9.17) is 11.6 Å². The van der Waals surface area contributed by atoms with Crippen LogP contribution < -0.4 is 0 Å². The van der Waals surface area contributed by atoms with E-state index < -0.39 is 11.6 Å². The smallest absolute Gasteiger partial charge is 0.135 e. The number of hydrogen-bond donors (Lipinski definition) is 0. The summed E-state index contributed by atoms with van der Waals surface area (Å²) in [6.07, 6.45) is 0. The van der Waals surface area contributed by atoms with Crippen LogP contribution in [-0.2, 0) is 0 Å². The average Bonchev–Trinajstić information content (AvgIpc) is 2.75. The van der Waals surface area contributed by atoms with Gasteiger partial charge in [0.1, 0.15) is 17.5 Å². The fourth-order valence-corrected chi connectivity index (χ4v) is 2.72. The fourth-order valence-electron chi connectivity index (χ4n) is 2.59. The molecule has 0 aliphatic carbocycles. The van der Waals surface area contributed by atoms with E-state index in [0.29, 0.717) is 22.2 Å². The van der Waals surface area contributed by atoms with Crippen molar-refractivity contribution in [2.75, 3.05) is 0 Å². The summed E-state index contributed by atoms with van der Waals surface area (Å²) in [6, 6.07) is 10.9. The second-order valence-corrected chi connectivity index (χ2v) is 5.44. The molecule has 22 heavy (non-hydrogen) atoms. The highest BCUT2D eigenvalue weighted by atomic mass is 35.5. The molecule has 0 atom stereocenters. The van der Waals surface area contributed by atoms with Crippen molar-refractivity contribution in [1.29, 1.82) is 0 Å². The molecule has 0 spiro atoms. The number of nitrogens with zero attached hydrogens (tertiary/aromatic N) is 2. The third-order valence-corrected chi connectivity index (χ3v) is 3.76. The largest absolute Gasteiger partial charge is 0.296 e. The second-order valence-electron chi connectivity index (χ2n) is 5.00. The number of rotatable bonds is 2. The number of hydrogen-bond acceptors (Lipinski definition) is 1. The number of aromatic nitrogens is 2. The zero-order valence-electron chi connectivity index (χ0n) is 12.1. The molecule has 3 aromatic rings. The first-order valence-electron chi connectivity index (χ1n) is 6.75. The molecule has 1 aromatic heterocycles. The number of imidazole rings is 1. The van der Waals surface area contributed by atoms with Crippen LogP contribution in [0.15, 0.2) is 42.5 Å². The summed E-state index contributed by atoms with van der Waals surface area (Å²) in [5.41, 5.74) is 1.66. The second kappa shape index (κ2) is 5.54. The highest BCUT2D eigenvalue weighted by molar-refractivity contribution is 6.30. The Morgan fingerprint density at radius 3 is 2.14 bits per heavy atom. The van der Waals surface area contributed by atoms with Gasteiger partial charge < -0.3 is 0 Å². The summed E-state index contributed by atoms with van der Waals surface area (Å²) in [6.45, 7) is 3.53. The summed E-state index contributed by atoms with van der Waals surface area (Å²) in [7, 11) is 0. The van der Waals surface area contributed by atoms with Crippen molar-refractivity contribution >= 4 is 11.6 Å². The Morgan fingerprint density at radius 1 is 0.955 bits per heavy atom. The first-order chi connectivity index (χ1) is 10.5. The van der Waals surface area contributed by atoms with Gasteiger partial charge in [-0.15, -0.1) is 0 Å². The van der Waals surface area contributed by atoms with E-state index in [1.165, 1.54) is 18.2 Å². The van der Waals surface area contributed by atoms with Gasteiger partial charge in [0.25, 0.3) is 0 Å². The molecule has 0 fully saturated rings. The van der Waals surface area contributed by atoms with Crippen LogP contribution in [0.4, 0.5) is 8.78 Å². The quantitative estimate of drug-likeness (QED) is 0.643. The van der Waals surface area contributed by atoms with Crippen LogP contribution in [0.3, 0.4) is 0 Å². The molecule has 3 rings (SSSR count). The SMILES string of the molecule is Cc1nc(C)n(-c2ccc(Cl)cc2)c1-c1c(F)cccc1F. The van der Waals surface area contributed by atoms with Crippen LogP contribution in [0, 0.1) is 25.5 Å². The maximum absolute atomic E-state index is 14.2. The number of aryl methyl sites for hydroxylation is 2. The van der Waals surface area contributed by atoms with Crippen molar-refractivity contribution < 1.29 is 8.78 Å². The summed E-state index contributed by atoms with van der Waals surface area (Å²) < 4.78 is 30.1. The first-order valence-corrected chi connectivity index (χ1v) is 7.13. The van der Waals surface area contributed by atoms with Crippen LogP contribution in [0.25, 0.3) is 16.9 Å². The van der Waals surface area contributed by atoms with Gasteiger partial charge in [0, 0.05) is 10.7 Å². The van der Waals surface area contributed by atoms with Gasteiger partial charge in [-0.3, -0.25) is 4.57 Å². The lowest BCUT2D eigenvalue weighted by molar-refractivity contribution is 0.587. The van der Waals surface area contributed by atoms with Crippen molar-refractivity contribution in [2.24, 2.45) is 0 Å². The molecule has 0 N–H and O–H groups in total. The summed E-state index contributed by atoms with van der Waals surface area (Å²) in [4.78, 5) is 4.37. The van der Waals surface area contributed by atoms with E-state index in [0.717, 1.165) is 5.69 Å². The van der Waals surface area contributed by atoms with Crippen molar-refractivity contribution in [3.8, 4) is 16.9 Å². The molecule has 0 radical (unpaired) electrons. The molecule has 0 unspecified atom stereocenters. The normalized spacial score (nSPS) is 11.0. The molecule has 112 valence electrons. The van der Waals surface area contributed by atoms with Gasteiger partial charge in [-0.25, -0.2) is 13.8 Å². The lowest BCUT2D eigenvalue weighted by atomic mass is 10.1. The first kappa shape index (κ1) is 14.7. The summed E-state index contributed by atoms with van der Waals surface area (Å²) in [5.74, 6) is -0.575. The van der Waals surface area contributed by atoms with Crippen molar-refractivity contribution in [1.82, 2.24) is 9.55 Å². The van der Waals surface area contributed by atoms with Gasteiger partial charge in [-0.1, -0.05) is 17.7 Å². The van der Waals surface area contributed by atoms with E-state index in [2.05, 4.69) is 4.98 Å². The lowest BCUT2D eigenvalue weighted by Crippen LogP contribution is -2.02. The van der Waals surface area contributed by atoms with Gasteiger partial charge in [0.2, 0.25) is 0 Å². The Balaban J connectivity index is 2.32. The van der Waals surface area contributed by atoms with Gasteiger partial charge in [-0.2, -0.15) is 0 Å². The molecular weight excluding hydrogens is 306 g/mol. The Labute approximate surface area is 132 Å². The molecule has 2 aromatic carbocycles. The zero-order chi connectivity index (χ0) is 15.9. The van der Waals surface area contributed by atoms with Crippen molar-refractivity contribution in [3.63, 3.8) is 0 Å². The number of halogens is 3. The molecule has 5 heteroatoms. The highest BCUT2D eigenvalue weighted by Crippen LogP contribution is 2.32. The topological polar surface area (TPSA) is 17.8 Å². The van der Waals surface area contributed by atoms with Crippen molar-refractivity contribution in [3.05, 3.63) is 70.6 Å².